The number of nitrogens with one attached hydrogen (secondary N) is 6. The van der Waals surface area contributed by atoms with E-state index < -0.39 is 23.9 Å². The van der Waals surface area contributed by atoms with Gasteiger partial charge >= 0.3 is 0 Å². The van der Waals surface area contributed by atoms with Crippen molar-refractivity contribution in [1.29, 1.82) is 10.8 Å². The number of amides is 4. The first kappa shape index (κ1) is 50.2. The molecule has 1 aromatic carbocycles. The van der Waals surface area contributed by atoms with E-state index in [0.717, 1.165) is 24.0 Å². The van der Waals surface area contributed by atoms with Crippen LogP contribution in [0, 0.1) is 16.7 Å². The van der Waals surface area contributed by atoms with E-state index in [4.69, 9.17) is 41.2 Å². The van der Waals surface area contributed by atoms with Gasteiger partial charge in [-0.25, -0.2) is 4.98 Å². The molecule has 4 amide bonds. The van der Waals surface area contributed by atoms with Crippen LogP contribution in [0.5, 0.6) is 0 Å². The molecule has 0 aliphatic heterocycles. The van der Waals surface area contributed by atoms with Gasteiger partial charge in [0.15, 0.2) is 0 Å². The minimum Gasteiger partial charge on any atom is -0.474 e. The van der Waals surface area contributed by atoms with Crippen LogP contribution in [0.4, 0.5) is 0 Å². The molecule has 0 bridgehead atoms. The number of rotatable bonds is 30. The Hall–Kier alpha value is -4.91. The van der Waals surface area contributed by atoms with Crippen molar-refractivity contribution < 1.29 is 38.1 Å². The van der Waals surface area contributed by atoms with Crippen LogP contribution in [0.3, 0.4) is 0 Å². The van der Waals surface area contributed by atoms with Crippen LogP contribution in [0.15, 0.2) is 24.3 Å². The Kier molecular flexibility index (Phi) is 23.6. The number of aromatic nitrogens is 2. The Morgan fingerprint density at radius 3 is 2.00 bits per heavy atom. The molecule has 0 saturated heterocycles. The van der Waals surface area contributed by atoms with Gasteiger partial charge in [0.1, 0.15) is 35.1 Å². The number of nitrogens with two attached hydrogens (primary N) is 2. The van der Waals surface area contributed by atoms with E-state index in [1.165, 1.54) is 0 Å². The lowest BCUT2D eigenvalue weighted by molar-refractivity contribution is -0.132. The predicted molar refractivity (Wildman–Crippen MR) is 225 cm³/mol. The number of ether oxygens (including phenoxy) is 4. The molecular weight excluding hydrogens is 761 g/mol. The molecule has 2 atom stereocenters. The number of hydrogen-bond donors (Lipinski definition) is 8. The van der Waals surface area contributed by atoms with E-state index in [-0.39, 0.29) is 60.6 Å². The van der Waals surface area contributed by atoms with Gasteiger partial charge in [0.05, 0.1) is 45.7 Å². The summed E-state index contributed by atoms with van der Waals surface area (Å²) in [6.07, 6.45) is 2.73. The molecule has 10 N–H and O–H groups in total. The predicted octanol–water partition coefficient (Wildman–Crippen LogP) is 1.87. The number of aryl methyl sites for hydroxylation is 1. The molecule has 0 fully saturated rings. The first-order valence-electron chi connectivity index (χ1n) is 20.5. The topological polar surface area (TPSA) is 271 Å². The summed E-state index contributed by atoms with van der Waals surface area (Å²) < 4.78 is 23.6. The highest BCUT2D eigenvalue weighted by Crippen LogP contribution is 2.19. The molecule has 0 radical (unpaired) electrons. The number of benzene rings is 1. The molecule has 0 saturated carbocycles. The molecule has 0 aliphatic carbocycles. The fourth-order valence-electron chi connectivity index (χ4n) is 5.73. The number of hydrogen-bond acceptors (Lipinski definition) is 12. The van der Waals surface area contributed by atoms with E-state index in [2.05, 4.69) is 33.2 Å². The molecule has 18 nitrogen and oxygen atoms in total. The first-order valence-corrected chi connectivity index (χ1v) is 20.5. The molecule has 1 aromatic heterocycles. The van der Waals surface area contributed by atoms with Crippen molar-refractivity contribution in [3.8, 4) is 0 Å². The second kappa shape index (κ2) is 27.7. The number of nitrogen functional groups attached to an aromatic ring is 1. The van der Waals surface area contributed by atoms with Crippen LogP contribution >= 0.6 is 0 Å². The van der Waals surface area contributed by atoms with Gasteiger partial charge in [0, 0.05) is 45.4 Å². The lowest BCUT2D eigenvalue weighted by Gasteiger charge is -2.24. The van der Waals surface area contributed by atoms with Gasteiger partial charge < -0.3 is 56.2 Å². The van der Waals surface area contributed by atoms with Crippen molar-refractivity contribution in [3.05, 3.63) is 52.6 Å². The van der Waals surface area contributed by atoms with E-state index >= 15 is 0 Å². The van der Waals surface area contributed by atoms with Crippen molar-refractivity contribution in [2.24, 2.45) is 17.4 Å². The highest BCUT2D eigenvalue weighted by atomic mass is 16.5. The number of imidazole rings is 1. The van der Waals surface area contributed by atoms with Gasteiger partial charge in [-0.05, 0) is 50.7 Å². The van der Waals surface area contributed by atoms with Crippen LogP contribution in [-0.4, -0.2) is 116 Å². The third-order valence-corrected chi connectivity index (χ3v) is 8.85. The summed E-state index contributed by atoms with van der Waals surface area (Å²) in [7, 11) is 0. The quantitative estimate of drug-likeness (QED) is 0.0320. The summed E-state index contributed by atoms with van der Waals surface area (Å²) in [4.78, 5) is 55.7. The van der Waals surface area contributed by atoms with Gasteiger partial charge in [0.25, 0.3) is 0 Å². The number of nitrogens with zero attached hydrogens (tertiary/aromatic N) is 2. The summed E-state index contributed by atoms with van der Waals surface area (Å²) in [5.74, 6) is -1.33. The Morgan fingerprint density at radius 2 is 1.41 bits per heavy atom. The zero-order chi connectivity index (χ0) is 43.7. The van der Waals surface area contributed by atoms with Crippen LogP contribution < -0.4 is 32.7 Å². The Morgan fingerprint density at radius 1 is 0.797 bits per heavy atom. The number of unbranched alkanes of at least 4 members (excludes halogenated alkanes) is 1. The lowest BCUT2D eigenvalue weighted by atomic mass is 10.0. The molecule has 330 valence electrons. The fraction of sp³-hybridized carbons (Fsp3) is 0.634. The monoisotopic (exact) mass is 829 g/mol. The lowest BCUT2D eigenvalue weighted by Crippen LogP contribution is -2.54. The third-order valence-electron chi connectivity index (χ3n) is 8.85. The molecular formula is C41H68N10O8. The zero-order valence-corrected chi connectivity index (χ0v) is 35.7. The maximum atomic E-state index is 13.2. The van der Waals surface area contributed by atoms with Gasteiger partial charge in [-0.15, -0.1) is 0 Å². The summed E-state index contributed by atoms with van der Waals surface area (Å²) in [5.41, 5.74) is 13.6. The second-order valence-electron chi connectivity index (χ2n) is 14.7. The van der Waals surface area contributed by atoms with Gasteiger partial charge in [-0.1, -0.05) is 51.5 Å². The van der Waals surface area contributed by atoms with Crippen molar-refractivity contribution in [2.75, 3.05) is 52.7 Å². The highest BCUT2D eigenvalue weighted by molar-refractivity contribution is 6.04. The zero-order valence-electron chi connectivity index (χ0n) is 35.7. The van der Waals surface area contributed by atoms with Crippen LogP contribution in [0.1, 0.15) is 102 Å². The normalized spacial score (nSPS) is 12.2. The van der Waals surface area contributed by atoms with E-state index in [9.17, 15) is 19.2 Å². The molecule has 59 heavy (non-hydrogen) atoms. The number of amidine groups is 1. The summed E-state index contributed by atoms with van der Waals surface area (Å²) in [6.45, 7) is 14.9. The molecule has 0 aliphatic rings. The van der Waals surface area contributed by atoms with Gasteiger partial charge in [0.2, 0.25) is 29.5 Å². The maximum absolute atomic E-state index is 13.2. The van der Waals surface area contributed by atoms with Crippen LogP contribution in [-0.2, 0) is 57.6 Å². The summed E-state index contributed by atoms with van der Waals surface area (Å²) in [6, 6.07) is 5.86. The summed E-state index contributed by atoms with van der Waals surface area (Å²) >= 11 is 0. The molecule has 0 spiro atoms. The van der Waals surface area contributed by atoms with E-state index in [1.807, 2.05) is 42.7 Å². The number of carbonyl (C=O) groups excluding carboxylic acids is 4. The SMILES string of the molecule is CCCCc1nc(C(=N)N)c(C(=N)OC(C)C)n1Cc1ccc(CNC(=O)[C@H](C)NC(=O)C(NC(=O)CCCC(=O)NCCOCCOCCOCCN)C(C)C)cc1. The first-order chi connectivity index (χ1) is 28.2. The van der Waals surface area contributed by atoms with Crippen molar-refractivity contribution in [1.82, 2.24) is 30.8 Å². The smallest absolute Gasteiger partial charge is 0.243 e. The van der Waals surface area contributed by atoms with Crippen LogP contribution in [0.2, 0.25) is 0 Å². The summed E-state index contributed by atoms with van der Waals surface area (Å²) in [5, 5.41) is 27.8. The van der Waals surface area contributed by atoms with Crippen molar-refractivity contribution >= 4 is 35.4 Å². The van der Waals surface area contributed by atoms with E-state index in [1.54, 1.807) is 20.8 Å². The molecule has 1 heterocycles. The van der Waals surface area contributed by atoms with Crippen LogP contribution in [0.25, 0.3) is 0 Å². The molecule has 18 heteroatoms. The van der Waals surface area contributed by atoms with Crippen molar-refractivity contribution in [2.45, 2.75) is 111 Å². The standard InChI is InChI=1S/C41H68N10O8/c1-7-8-10-32-49-36(38(43)44)37(39(45)59-28(4)5)51(32)26-31-15-13-30(14-16-31)25-47-40(54)29(6)48-41(55)35(27(2)3)50-34(53)12-9-11-33(52)46-18-20-57-22-24-58-23-21-56-19-17-42/h13-16,27-29,35,45H,7-12,17-26,42H2,1-6H3,(H3,43,44)(H,46,52)(H,47,54)(H,48,55)(H,50,53)/t29-,35?/m0/s1. The second-order valence-corrected chi connectivity index (χ2v) is 14.7. The molecule has 1 unspecified atom stereocenters. The highest BCUT2D eigenvalue weighted by Gasteiger charge is 2.27. The third kappa shape index (κ3) is 19.1. The minimum atomic E-state index is -0.874. The van der Waals surface area contributed by atoms with E-state index in [0.29, 0.717) is 83.6 Å². The Labute approximate surface area is 348 Å². The Balaban J connectivity index is 1.82. The maximum Gasteiger partial charge on any atom is 0.243 e. The average Bonchev–Trinajstić information content (AvgIpc) is 3.55. The van der Waals surface area contributed by atoms with Crippen molar-refractivity contribution in [3.63, 3.8) is 0 Å². The van der Waals surface area contributed by atoms with Gasteiger partial charge in [-0.3, -0.25) is 30.0 Å². The largest absolute Gasteiger partial charge is 0.474 e. The molecule has 2 aromatic rings. The fourth-order valence-corrected chi connectivity index (χ4v) is 5.73. The average molecular weight is 829 g/mol. The Bertz CT molecular complexity index is 1630. The molecule has 2 rings (SSSR count). The number of carbonyl (C=O) groups is 4. The van der Waals surface area contributed by atoms with Gasteiger partial charge in [-0.2, -0.15) is 0 Å². The minimum absolute atomic E-state index is 0.0563.